The fraction of sp³-hybridized carbons (Fsp3) is 0.391. The van der Waals surface area contributed by atoms with Crippen molar-refractivity contribution in [3.05, 3.63) is 59.7 Å². The molecular formula is C23H27NO5. The van der Waals surface area contributed by atoms with Crippen molar-refractivity contribution in [3.63, 3.8) is 0 Å². The maximum atomic E-state index is 12.4. The molecule has 29 heavy (non-hydrogen) atoms. The van der Waals surface area contributed by atoms with E-state index in [9.17, 15) is 9.59 Å². The van der Waals surface area contributed by atoms with Crippen molar-refractivity contribution in [2.75, 3.05) is 33.9 Å². The van der Waals surface area contributed by atoms with E-state index in [-0.39, 0.29) is 18.1 Å². The molecule has 0 aromatic heterocycles. The van der Waals surface area contributed by atoms with Gasteiger partial charge in [-0.05, 0) is 42.9 Å². The third kappa shape index (κ3) is 5.73. The third-order valence-electron chi connectivity index (χ3n) is 5.25. The number of nitrogens with zero attached hydrogens (tertiary/aromatic N) is 1. The second kappa shape index (κ2) is 9.96. The molecule has 6 nitrogen and oxygen atoms in total. The number of esters is 1. The van der Waals surface area contributed by atoms with Gasteiger partial charge in [-0.1, -0.05) is 30.3 Å². The van der Waals surface area contributed by atoms with Crippen molar-refractivity contribution in [2.45, 2.75) is 19.3 Å². The van der Waals surface area contributed by atoms with Crippen LogP contribution >= 0.6 is 0 Å². The van der Waals surface area contributed by atoms with E-state index in [4.69, 9.17) is 14.2 Å². The zero-order valence-electron chi connectivity index (χ0n) is 16.9. The van der Waals surface area contributed by atoms with Crippen LogP contribution in [0, 0.1) is 5.92 Å². The molecule has 2 aromatic carbocycles. The lowest BCUT2D eigenvalue weighted by molar-refractivity contribution is -0.135. The molecule has 1 aliphatic rings. The normalized spacial score (nSPS) is 14.3. The van der Waals surface area contributed by atoms with E-state index in [1.54, 1.807) is 23.1 Å². The van der Waals surface area contributed by atoms with Crippen LogP contribution in [0.15, 0.2) is 48.5 Å². The van der Waals surface area contributed by atoms with Gasteiger partial charge in [-0.25, -0.2) is 4.79 Å². The van der Waals surface area contributed by atoms with E-state index in [1.807, 2.05) is 6.07 Å². The number of piperidine rings is 1. The summed E-state index contributed by atoms with van der Waals surface area (Å²) in [5, 5.41) is 0. The third-order valence-corrected chi connectivity index (χ3v) is 5.25. The maximum absolute atomic E-state index is 12.4. The summed E-state index contributed by atoms with van der Waals surface area (Å²) < 4.78 is 15.5. The van der Waals surface area contributed by atoms with E-state index in [0.29, 0.717) is 30.5 Å². The lowest BCUT2D eigenvalue weighted by Gasteiger charge is -2.32. The van der Waals surface area contributed by atoms with Crippen molar-refractivity contribution in [3.8, 4) is 11.5 Å². The van der Waals surface area contributed by atoms with E-state index in [2.05, 4.69) is 24.3 Å². The van der Waals surface area contributed by atoms with Gasteiger partial charge in [0.2, 0.25) is 0 Å². The number of benzene rings is 2. The van der Waals surface area contributed by atoms with Gasteiger partial charge in [0.1, 0.15) is 11.5 Å². The zero-order chi connectivity index (χ0) is 20.6. The van der Waals surface area contributed by atoms with Crippen LogP contribution in [0.25, 0.3) is 0 Å². The van der Waals surface area contributed by atoms with Crippen molar-refractivity contribution < 1.29 is 23.8 Å². The Kier molecular flexibility index (Phi) is 7.11. The highest BCUT2D eigenvalue weighted by atomic mass is 16.5. The molecule has 154 valence electrons. The molecule has 2 aromatic rings. The van der Waals surface area contributed by atoms with Gasteiger partial charge < -0.3 is 19.1 Å². The molecular weight excluding hydrogens is 370 g/mol. The number of carbonyl (C=O) groups excluding carboxylic acids is 2. The smallest absolute Gasteiger partial charge is 0.338 e. The molecule has 0 bridgehead atoms. The first-order valence-electron chi connectivity index (χ1n) is 9.81. The summed E-state index contributed by atoms with van der Waals surface area (Å²) in [6.45, 7) is 1.13. The second-order valence-corrected chi connectivity index (χ2v) is 7.19. The minimum absolute atomic E-state index is 0.161. The second-order valence-electron chi connectivity index (χ2n) is 7.19. The minimum atomic E-state index is -0.575. The number of rotatable bonds is 7. The van der Waals surface area contributed by atoms with Gasteiger partial charge in [-0.3, -0.25) is 4.79 Å². The largest absolute Gasteiger partial charge is 0.497 e. The summed E-state index contributed by atoms with van der Waals surface area (Å²) >= 11 is 0. The van der Waals surface area contributed by atoms with Crippen LogP contribution < -0.4 is 9.47 Å². The highest BCUT2D eigenvalue weighted by molar-refractivity contribution is 5.92. The molecule has 3 rings (SSSR count). The Hall–Kier alpha value is -3.02. The summed E-state index contributed by atoms with van der Waals surface area (Å²) in [5.41, 5.74) is 1.62. The summed E-state index contributed by atoms with van der Waals surface area (Å²) in [6.07, 6.45) is 2.96. The summed E-state index contributed by atoms with van der Waals surface area (Å²) in [4.78, 5) is 26.5. The number of likely N-dealkylation sites (tertiary alicyclic amines) is 1. The fourth-order valence-corrected chi connectivity index (χ4v) is 3.56. The fourth-order valence-electron chi connectivity index (χ4n) is 3.56. The molecule has 1 saturated heterocycles. The van der Waals surface area contributed by atoms with Crippen LogP contribution in [0.2, 0.25) is 0 Å². The van der Waals surface area contributed by atoms with Crippen molar-refractivity contribution >= 4 is 11.9 Å². The van der Waals surface area contributed by atoms with E-state index >= 15 is 0 Å². The average Bonchev–Trinajstić information content (AvgIpc) is 2.78. The number of carbonyl (C=O) groups is 2. The Morgan fingerprint density at radius 3 is 2.17 bits per heavy atom. The van der Waals surface area contributed by atoms with Gasteiger partial charge in [-0.15, -0.1) is 0 Å². The predicted octanol–water partition coefficient (Wildman–Crippen LogP) is 3.34. The van der Waals surface area contributed by atoms with Crippen LogP contribution in [0.4, 0.5) is 0 Å². The molecule has 0 spiro atoms. The Morgan fingerprint density at radius 2 is 1.59 bits per heavy atom. The lowest BCUT2D eigenvalue weighted by atomic mass is 9.90. The first-order chi connectivity index (χ1) is 14.1. The monoisotopic (exact) mass is 397 g/mol. The molecule has 0 radical (unpaired) electrons. The Morgan fingerprint density at radius 1 is 0.966 bits per heavy atom. The molecule has 0 atom stereocenters. The molecule has 0 saturated carbocycles. The molecule has 1 heterocycles. The van der Waals surface area contributed by atoms with Crippen LogP contribution in [0.1, 0.15) is 28.8 Å². The van der Waals surface area contributed by atoms with Gasteiger partial charge in [0.05, 0.1) is 19.8 Å². The first kappa shape index (κ1) is 20.7. The Labute approximate surface area is 171 Å². The zero-order valence-corrected chi connectivity index (χ0v) is 16.9. The van der Waals surface area contributed by atoms with Gasteiger partial charge in [0.25, 0.3) is 5.91 Å². The predicted molar refractivity (Wildman–Crippen MR) is 109 cm³/mol. The maximum Gasteiger partial charge on any atom is 0.338 e. The number of ether oxygens (including phenoxy) is 3. The molecule has 0 unspecified atom stereocenters. The molecule has 1 aliphatic heterocycles. The number of hydrogen-bond acceptors (Lipinski definition) is 5. The van der Waals surface area contributed by atoms with Gasteiger partial charge in [0.15, 0.2) is 6.61 Å². The molecule has 1 fully saturated rings. The van der Waals surface area contributed by atoms with E-state index in [0.717, 1.165) is 19.3 Å². The van der Waals surface area contributed by atoms with E-state index < -0.39 is 5.97 Å². The minimum Gasteiger partial charge on any atom is -0.497 e. The van der Waals surface area contributed by atoms with Crippen LogP contribution in [-0.2, 0) is 16.0 Å². The summed E-state index contributed by atoms with van der Waals surface area (Å²) in [6, 6.07) is 15.2. The molecule has 0 N–H and O–H groups in total. The first-order valence-corrected chi connectivity index (χ1v) is 9.81. The summed E-state index contributed by atoms with van der Waals surface area (Å²) in [5.74, 6) is 0.820. The quantitative estimate of drug-likeness (QED) is 0.671. The van der Waals surface area contributed by atoms with E-state index in [1.165, 1.54) is 19.8 Å². The van der Waals surface area contributed by atoms with Gasteiger partial charge in [-0.2, -0.15) is 0 Å². The Bertz CT molecular complexity index is 806. The Balaban J connectivity index is 1.47. The van der Waals surface area contributed by atoms with Crippen LogP contribution in [0.3, 0.4) is 0 Å². The van der Waals surface area contributed by atoms with Gasteiger partial charge >= 0.3 is 5.97 Å². The standard InChI is InChI=1S/C23H27NO5/c1-27-20-13-19(14-21(15-20)28-2)23(26)29-16-22(25)24-10-8-18(9-11-24)12-17-6-4-3-5-7-17/h3-7,13-15,18H,8-12,16H2,1-2H3. The van der Waals surface area contributed by atoms with Crippen molar-refractivity contribution in [1.82, 2.24) is 4.90 Å². The number of methoxy groups -OCH3 is 2. The van der Waals surface area contributed by atoms with Crippen LogP contribution in [0.5, 0.6) is 11.5 Å². The van der Waals surface area contributed by atoms with Gasteiger partial charge in [0, 0.05) is 19.2 Å². The van der Waals surface area contributed by atoms with Crippen molar-refractivity contribution in [2.24, 2.45) is 5.92 Å². The molecule has 1 amide bonds. The topological polar surface area (TPSA) is 65.1 Å². The lowest BCUT2D eigenvalue weighted by Crippen LogP contribution is -2.41. The molecule has 0 aliphatic carbocycles. The number of hydrogen-bond donors (Lipinski definition) is 0. The highest BCUT2D eigenvalue weighted by Gasteiger charge is 2.24. The summed E-state index contributed by atoms with van der Waals surface area (Å²) in [7, 11) is 3.02. The van der Waals surface area contributed by atoms with Crippen molar-refractivity contribution in [1.29, 1.82) is 0 Å². The van der Waals surface area contributed by atoms with Crippen LogP contribution in [-0.4, -0.2) is 50.7 Å². The SMILES string of the molecule is COc1cc(OC)cc(C(=O)OCC(=O)N2CCC(Cc3ccccc3)CC2)c1. The number of amides is 1. The average molecular weight is 397 g/mol. The highest BCUT2D eigenvalue weighted by Crippen LogP contribution is 2.24. The molecule has 6 heteroatoms.